The third-order valence-corrected chi connectivity index (χ3v) is 5.75. The number of nitrogens with zero attached hydrogens (tertiary/aromatic N) is 1. The van der Waals surface area contributed by atoms with Gasteiger partial charge >= 0.3 is 5.97 Å². The summed E-state index contributed by atoms with van der Waals surface area (Å²) in [6.07, 6.45) is 0. The first-order valence-corrected chi connectivity index (χ1v) is 10.2. The zero-order valence-corrected chi connectivity index (χ0v) is 17.9. The Hall–Kier alpha value is -2.62. The predicted octanol–water partition coefficient (Wildman–Crippen LogP) is 2.73. The van der Waals surface area contributed by atoms with Crippen LogP contribution in [0.1, 0.15) is 21.5 Å². The van der Waals surface area contributed by atoms with Crippen LogP contribution >= 0.6 is 0 Å². The molecule has 0 amide bonds. The highest BCUT2D eigenvalue weighted by atomic mass is 32.2. The molecule has 0 radical (unpaired) electrons. The molecule has 0 fully saturated rings. The number of methoxy groups -OCH3 is 1. The third kappa shape index (κ3) is 5.69. The topological polar surface area (TPSA) is 91.4 Å². The zero-order valence-electron chi connectivity index (χ0n) is 17.1. The van der Waals surface area contributed by atoms with Crippen LogP contribution in [-0.2, 0) is 19.6 Å². The number of ether oxygens (including phenoxy) is 3. The molecule has 8 nitrogen and oxygen atoms in total. The Labute approximate surface area is 170 Å². The summed E-state index contributed by atoms with van der Waals surface area (Å²) in [5, 5.41) is 0. The van der Waals surface area contributed by atoms with Gasteiger partial charge in [0, 0.05) is 7.05 Å². The zero-order chi connectivity index (χ0) is 21.6. The number of sulfonamides is 1. The second-order valence-electron chi connectivity index (χ2n) is 6.27. The average Bonchev–Trinajstić information content (AvgIpc) is 2.69. The molecule has 9 heteroatoms. The van der Waals surface area contributed by atoms with E-state index in [0.717, 1.165) is 11.1 Å². The van der Waals surface area contributed by atoms with Gasteiger partial charge < -0.3 is 14.2 Å². The minimum Gasteiger partial charge on any atom is -0.495 e. The van der Waals surface area contributed by atoms with Crippen LogP contribution in [-0.4, -0.2) is 53.3 Å². The molecular weight excluding hydrogens is 398 g/mol. The molecule has 0 heterocycles. The second kappa shape index (κ2) is 9.73. The molecule has 0 unspecified atom stereocenters. The van der Waals surface area contributed by atoms with Crippen LogP contribution in [0.2, 0.25) is 0 Å². The Bertz CT molecular complexity index is 953. The van der Waals surface area contributed by atoms with Gasteiger partial charge in [0.2, 0.25) is 0 Å². The highest BCUT2D eigenvalue weighted by Gasteiger charge is 2.26. The molecule has 0 bridgehead atoms. The van der Waals surface area contributed by atoms with Crippen molar-refractivity contribution in [3.63, 3.8) is 0 Å². The molecule has 0 saturated carbocycles. The van der Waals surface area contributed by atoms with E-state index in [-0.39, 0.29) is 29.4 Å². The van der Waals surface area contributed by atoms with Gasteiger partial charge in [-0.3, -0.25) is 4.84 Å². The molecule has 0 aliphatic carbocycles. The van der Waals surface area contributed by atoms with Crippen molar-refractivity contribution in [2.75, 3.05) is 34.5 Å². The van der Waals surface area contributed by atoms with Crippen molar-refractivity contribution in [2.24, 2.45) is 0 Å². The summed E-state index contributed by atoms with van der Waals surface area (Å²) in [6.45, 7) is 4.12. The molecular formula is C20H25NO7S. The van der Waals surface area contributed by atoms with E-state index in [1.54, 1.807) is 0 Å². The summed E-state index contributed by atoms with van der Waals surface area (Å²) < 4.78 is 41.6. The standard InChI is InChI=1S/C20H25NO7S/c1-14-10-15(2)12-17(11-14)27-8-9-28-20(22)16-6-7-18(25-4)19(13-16)29(23,24)21(3)26-5/h6-7,10-13H,8-9H2,1-5H3. The maximum atomic E-state index is 12.5. The lowest BCUT2D eigenvalue weighted by molar-refractivity contribution is -0.0259. The van der Waals surface area contributed by atoms with Crippen LogP contribution < -0.4 is 9.47 Å². The Morgan fingerprint density at radius 3 is 2.24 bits per heavy atom. The lowest BCUT2D eigenvalue weighted by Gasteiger charge is -2.17. The first-order chi connectivity index (χ1) is 13.7. The van der Waals surface area contributed by atoms with E-state index in [0.29, 0.717) is 10.2 Å². The number of aryl methyl sites for hydroxylation is 2. The van der Waals surface area contributed by atoms with Crippen LogP contribution in [0.3, 0.4) is 0 Å². The smallest absolute Gasteiger partial charge is 0.338 e. The van der Waals surface area contributed by atoms with Crippen LogP contribution in [0.5, 0.6) is 11.5 Å². The summed E-state index contributed by atoms with van der Waals surface area (Å²) >= 11 is 0. The minimum atomic E-state index is -4.00. The molecule has 0 aliphatic rings. The highest BCUT2D eigenvalue weighted by Crippen LogP contribution is 2.27. The van der Waals surface area contributed by atoms with Crippen molar-refractivity contribution in [1.29, 1.82) is 0 Å². The quantitative estimate of drug-likeness (QED) is 0.348. The fourth-order valence-electron chi connectivity index (χ4n) is 2.64. The lowest BCUT2D eigenvalue weighted by Crippen LogP contribution is -2.26. The Kier molecular flexibility index (Phi) is 7.60. The van der Waals surface area contributed by atoms with Crippen molar-refractivity contribution in [1.82, 2.24) is 4.47 Å². The number of carbonyl (C=O) groups excluding carboxylic acids is 1. The summed E-state index contributed by atoms with van der Waals surface area (Å²) in [6, 6.07) is 9.82. The largest absolute Gasteiger partial charge is 0.495 e. The molecule has 0 saturated heterocycles. The van der Waals surface area contributed by atoms with E-state index in [9.17, 15) is 13.2 Å². The fraction of sp³-hybridized carbons (Fsp3) is 0.350. The van der Waals surface area contributed by atoms with Gasteiger partial charge in [0.25, 0.3) is 10.0 Å². The highest BCUT2D eigenvalue weighted by molar-refractivity contribution is 7.89. The number of benzene rings is 2. The van der Waals surface area contributed by atoms with E-state index in [1.807, 2.05) is 32.0 Å². The van der Waals surface area contributed by atoms with Crippen LogP contribution in [0.15, 0.2) is 41.3 Å². The SMILES string of the molecule is COc1ccc(C(=O)OCCOc2cc(C)cc(C)c2)cc1S(=O)(=O)N(C)OC. The van der Waals surface area contributed by atoms with Gasteiger partial charge in [0.1, 0.15) is 29.6 Å². The molecule has 0 atom stereocenters. The first kappa shape index (κ1) is 22.7. The van der Waals surface area contributed by atoms with Gasteiger partial charge in [-0.25, -0.2) is 13.2 Å². The summed E-state index contributed by atoms with van der Waals surface area (Å²) in [7, 11) is -0.206. The third-order valence-electron chi connectivity index (χ3n) is 4.05. The van der Waals surface area contributed by atoms with Crippen molar-refractivity contribution in [3.8, 4) is 11.5 Å². The van der Waals surface area contributed by atoms with Gasteiger partial charge in [-0.15, -0.1) is 0 Å². The van der Waals surface area contributed by atoms with E-state index in [2.05, 4.69) is 0 Å². The molecule has 158 valence electrons. The van der Waals surface area contributed by atoms with Crippen molar-refractivity contribution in [2.45, 2.75) is 18.7 Å². The molecule has 29 heavy (non-hydrogen) atoms. The maximum absolute atomic E-state index is 12.5. The average molecular weight is 423 g/mol. The van der Waals surface area contributed by atoms with E-state index in [4.69, 9.17) is 19.0 Å². The number of hydrogen-bond acceptors (Lipinski definition) is 7. The van der Waals surface area contributed by atoms with Crippen molar-refractivity contribution in [3.05, 3.63) is 53.1 Å². The van der Waals surface area contributed by atoms with Crippen molar-refractivity contribution >= 4 is 16.0 Å². The van der Waals surface area contributed by atoms with Gasteiger partial charge in [-0.2, -0.15) is 0 Å². The van der Waals surface area contributed by atoms with Crippen LogP contribution in [0.4, 0.5) is 0 Å². The molecule has 2 aromatic rings. The number of hydroxylamine groups is 1. The fourth-order valence-corrected chi connectivity index (χ4v) is 3.79. The number of hydrogen-bond donors (Lipinski definition) is 0. The monoisotopic (exact) mass is 423 g/mol. The van der Waals surface area contributed by atoms with Gasteiger partial charge in [-0.05, 0) is 55.3 Å². The van der Waals surface area contributed by atoms with Crippen LogP contribution in [0, 0.1) is 13.8 Å². The normalized spacial score (nSPS) is 11.4. The van der Waals surface area contributed by atoms with E-state index in [1.165, 1.54) is 39.5 Å². The van der Waals surface area contributed by atoms with Gasteiger partial charge in [0.15, 0.2) is 0 Å². The molecule has 2 rings (SSSR count). The first-order valence-electron chi connectivity index (χ1n) is 8.78. The number of carbonyl (C=O) groups is 1. The summed E-state index contributed by atoms with van der Waals surface area (Å²) in [5.41, 5.74) is 2.22. The predicted molar refractivity (Wildman–Crippen MR) is 107 cm³/mol. The Morgan fingerprint density at radius 2 is 1.66 bits per heavy atom. The lowest BCUT2D eigenvalue weighted by atomic mass is 10.1. The van der Waals surface area contributed by atoms with Gasteiger partial charge in [-0.1, -0.05) is 10.5 Å². The van der Waals surface area contributed by atoms with E-state index >= 15 is 0 Å². The maximum Gasteiger partial charge on any atom is 0.338 e. The summed E-state index contributed by atoms with van der Waals surface area (Å²) in [4.78, 5) is 16.9. The Balaban J connectivity index is 2.06. The molecule has 0 aliphatic heterocycles. The number of esters is 1. The van der Waals surface area contributed by atoms with Crippen molar-refractivity contribution < 1.29 is 32.3 Å². The molecule has 0 spiro atoms. The Morgan fingerprint density at radius 1 is 1.00 bits per heavy atom. The molecule has 2 aromatic carbocycles. The van der Waals surface area contributed by atoms with Gasteiger partial charge in [0.05, 0.1) is 19.8 Å². The second-order valence-corrected chi connectivity index (χ2v) is 8.17. The van der Waals surface area contributed by atoms with E-state index < -0.39 is 16.0 Å². The molecule has 0 N–H and O–H groups in total. The summed E-state index contributed by atoms with van der Waals surface area (Å²) in [5.74, 6) is 0.107. The molecule has 0 aromatic heterocycles. The minimum absolute atomic E-state index is 0.0118. The number of rotatable bonds is 9. The van der Waals surface area contributed by atoms with Crippen LogP contribution in [0.25, 0.3) is 0 Å².